The summed E-state index contributed by atoms with van der Waals surface area (Å²) in [7, 11) is 0. The van der Waals surface area contributed by atoms with Gasteiger partial charge in [0.25, 0.3) is 5.91 Å². The molecule has 1 amide bonds. The predicted molar refractivity (Wildman–Crippen MR) is 96.0 cm³/mol. The van der Waals surface area contributed by atoms with E-state index in [2.05, 4.69) is 24.0 Å². The number of thiophene rings is 1. The fourth-order valence-corrected chi connectivity index (χ4v) is 4.16. The summed E-state index contributed by atoms with van der Waals surface area (Å²) in [6.07, 6.45) is 3.14. The summed E-state index contributed by atoms with van der Waals surface area (Å²) in [5.41, 5.74) is 0.698. The Hall–Kier alpha value is -1.66. The molecule has 0 aromatic carbocycles. The van der Waals surface area contributed by atoms with E-state index in [1.165, 1.54) is 0 Å². The van der Waals surface area contributed by atoms with Gasteiger partial charge in [0.15, 0.2) is 0 Å². The molecule has 2 aromatic heterocycles. The zero-order valence-corrected chi connectivity index (χ0v) is 15.3. The molecule has 0 spiro atoms. The average molecular weight is 347 g/mol. The maximum Gasteiger partial charge on any atom is 0.257 e. The SMILES string of the molecule is CC(C)C[C@H]1CN(C(=O)c2cn[nH]c2-c2cccs2)CC[C@@]1(C)O. The van der Waals surface area contributed by atoms with Gasteiger partial charge < -0.3 is 10.0 Å². The van der Waals surface area contributed by atoms with Crippen molar-refractivity contribution < 1.29 is 9.90 Å². The van der Waals surface area contributed by atoms with Gasteiger partial charge in [-0.15, -0.1) is 11.3 Å². The molecule has 2 atom stereocenters. The summed E-state index contributed by atoms with van der Waals surface area (Å²) < 4.78 is 0. The summed E-state index contributed by atoms with van der Waals surface area (Å²) in [5, 5.41) is 19.7. The molecule has 130 valence electrons. The van der Waals surface area contributed by atoms with Crippen molar-refractivity contribution in [3.8, 4) is 10.6 Å². The molecule has 0 bridgehead atoms. The minimum atomic E-state index is -0.700. The fraction of sp³-hybridized carbons (Fsp3) is 0.556. The lowest BCUT2D eigenvalue weighted by molar-refractivity contribution is -0.0577. The van der Waals surface area contributed by atoms with Crippen LogP contribution in [-0.4, -0.2) is 44.8 Å². The van der Waals surface area contributed by atoms with Crippen LogP contribution in [0.2, 0.25) is 0 Å². The zero-order valence-electron chi connectivity index (χ0n) is 14.5. The Labute approximate surface area is 146 Å². The fourth-order valence-electron chi connectivity index (χ4n) is 3.43. The molecule has 0 unspecified atom stereocenters. The Bertz CT molecular complexity index is 691. The highest BCUT2D eigenvalue weighted by atomic mass is 32.1. The van der Waals surface area contributed by atoms with Crippen molar-refractivity contribution in [2.75, 3.05) is 13.1 Å². The number of rotatable bonds is 4. The number of amides is 1. The smallest absolute Gasteiger partial charge is 0.257 e. The van der Waals surface area contributed by atoms with Crippen LogP contribution in [0.25, 0.3) is 10.6 Å². The molecular formula is C18H25N3O2S. The third-order valence-corrected chi connectivity index (χ3v) is 5.78. The molecule has 0 radical (unpaired) electrons. The van der Waals surface area contributed by atoms with Crippen LogP contribution in [0.15, 0.2) is 23.7 Å². The van der Waals surface area contributed by atoms with E-state index in [1.54, 1.807) is 17.5 Å². The van der Waals surface area contributed by atoms with Gasteiger partial charge in [0.2, 0.25) is 0 Å². The van der Waals surface area contributed by atoms with Crippen LogP contribution in [0.5, 0.6) is 0 Å². The molecule has 1 saturated heterocycles. The summed E-state index contributed by atoms with van der Waals surface area (Å²) >= 11 is 1.59. The Morgan fingerprint density at radius 3 is 3.04 bits per heavy atom. The Balaban J connectivity index is 1.80. The number of carbonyl (C=O) groups excluding carboxylic acids is 1. The highest BCUT2D eigenvalue weighted by molar-refractivity contribution is 7.13. The molecule has 0 aliphatic carbocycles. The molecule has 6 heteroatoms. The first-order chi connectivity index (χ1) is 11.4. The van der Waals surface area contributed by atoms with Crippen LogP contribution in [0, 0.1) is 11.8 Å². The molecule has 1 fully saturated rings. The molecular weight excluding hydrogens is 322 g/mol. The summed E-state index contributed by atoms with van der Waals surface area (Å²) in [4.78, 5) is 15.9. The molecule has 2 N–H and O–H groups in total. The van der Waals surface area contributed by atoms with Crippen molar-refractivity contribution in [1.82, 2.24) is 15.1 Å². The number of piperidine rings is 1. The third-order valence-electron chi connectivity index (χ3n) is 4.89. The van der Waals surface area contributed by atoms with E-state index in [0.29, 0.717) is 31.0 Å². The van der Waals surface area contributed by atoms with Gasteiger partial charge in [0.05, 0.1) is 27.9 Å². The third kappa shape index (κ3) is 3.39. The largest absolute Gasteiger partial charge is 0.390 e. The molecule has 1 aliphatic rings. The second-order valence-corrected chi connectivity index (χ2v) is 8.27. The second kappa shape index (κ2) is 6.69. The Kier molecular flexibility index (Phi) is 4.78. The number of aromatic amines is 1. The lowest BCUT2D eigenvalue weighted by Gasteiger charge is -2.43. The highest BCUT2D eigenvalue weighted by Crippen LogP contribution is 2.34. The van der Waals surface area contributed by atoms with Gasteiger partial charge in [-0.05, 0) is 37.1 Å². The molecule has 24 heavy (non-hydrogen) atoms. The number of aliphatic hydroxyl groups is 1. The van der Waals surface area contributed by atoms with Gasteiger partial charge in [-0.3, -0.25) is 9.89 Å². The first-order valence-corrected chi connectivity index (χ1v) is 9.35. The zero-order chi connectivity index (χ0) is 17.3. The Morgan fingerprint density at radius 1 is 1.58 bits per heavy atom. The van der Waals surface area contributed by atoms with E-state index in [4.69, 9.17) is 0 Å². The number of H-pyrrole nitrogens is 1. The maximum absolute atomic E-state index is 13.0. The molecule has 2 aromatic rings. The number of aromatic nitrogens is 2. The van der Waals surface area contributed by atoms with Crippen LogP contribution in [-0.2, 0) is 0 Å². The molecule has 5 nitrogen and oxygen atoms in total. The van der Waals surface area contributed by atoms with E-state index >= 15 is 0 Å². The molecule has 0 saturated carbocycles. The van der Waals surface area contributed by atoms with E-state index in [0.717, 1.165) is 17.0 Å². The van der Waals surface area contributed by atoms with Crippen molar-refractivity contribution in [2.24, 2.45) is 11.8 Å². The van der Waals surface area contributed by atoms with Crippen molar-refractivity contribution >= 4 is 17.2 Å². The lowest BCUT2D eigenvalue weighted by Crippen LogP contribution is -2.52. The lowest BCUT2D eigenvalue weighted by atomic mass is 9.78. The minimum Gasteiger partial charge on any atom is -0.390 e. The molecule has 3 rings (SSSR count). The summed E-state index contributed by atoms with van der Waals surface area (Å²) in [5.74, 6) is 0.593. The maximum atomic E-state index is 13.0. The number of nitrogens with zero attached hydrogens (tertiary/aromatic N) is 2. The normalized spacial score (nSPS) is 24.5. The first kappa shape index (κ1) is 17.2. The highest BCUT2D eigenvalue weighted by Gasteiger charge is 2.39. The number of carbonyl (C=O) groups is 1. The molecule has 1 aliphatic heterocycles. The van der Waals surface area contributed by atoms with Gasteiger partial charge >= 0.3 is 0 Å². The van der Waals surface area contributed by atoms with Crippen molar-refractivity contribution in [1.29, 1.82) is 0 Å². The van der Waals surface area contributed by atoms with Crippen molar-refractivity contribution in [3.05, 3.63) is 29.3 Å². The number of likely N-dealkylation sites (tertiary alicyclic amines) is 1. The monoisotopic (exact) mass is 347 g/mol. The predicted octanol–water partition coefficient (Wildman–Crippen LogP) is 3.40. The van der Waals surface area contributed by atoms with Gasteiger partial charge in [-0.1, -0.05) is 19.9 Å². The van der Waals surface area contributed by atoms with Gasteiger partial charge in [-0.2, -0.15) is 5.10 Å². The van der Waals surface area contributed by atoms with Crippen molar-refractivity contribution in [2.45, 2.75) is 39.2 Å². The minimum absolute atomic E-state index is 0.00333. The summed E-state index contributed by atoms with van der Waals surface area (Å²) in [6.45, 7) is 7.38. The van der Waals surface area contributed by atoms with Gasteiger partial charge in [-0.25, -0.2) is 0 Å². The topological polar surface area (TPSA) is 69.2 Å². The molecule has 3 heterocycles. The van der Waals surface area contributed by atoms with E-state index in [1.807, 2.05) is 29.3 Å². The first-order valence-electron chi connectivity index (χ1n) is 8.47. The van der Waals surface area contributed by atoms with Gasteiger partial charge in [0.1, 0.15) is 0 Å². The quantitative estimate of drug-likeness (QED) is 0.890. The van der Waals surface area contributed by atoms with Crippen LogP contribution in [0.3, 0.4) is 0 Å². The number of hydrogen-bond acceptors (Lipinski definition) is 4. The summed E-state index contributed by atoms with van der Waals surface area (Å²) in [6, 6.07) is 3.95. The average Bonchev–Trinajstić information content (AvgIpc) is 3.18. The van der Waals surface area contributed by atoms with Crippen LogP contribution in [0.4, 0.5) is 0 Å². The van der Waals surface area contributed by atoms with Crippen LogP contribution < -0.4 is 0 Å². The van der Waals surface area contributed by atoms with Crippen LogP contribution in [0.1, 0.15) is 44.0 Å². The van der Waals surface area contributed by atoms with Crippen molar-refractivity contribution in [3.63, 3.8) is 0 Å². The van der Waals surface area contributed by atoms with Crippen LogP contribution >= 0.6 is 11.3 Å². The Morgan fingerprint density at radius 2 is 2.38 bits per heavy atom. The number of hydrogen-bond donors (Lipinski definition) is 2. The van der Waals surface area contributed by atoms with Gasteiger partial charge in [0, 0.05) is 19.0 Å². The van der Waals surface area contributed by atoms with E-state index < -0.39 is 5.60 Å². The second-order valence-electron chi connectivity index (χ2n) is 7.32. The van der Waals surface area contributed by atoms with E-state index in [-0.39, 0.29) is 11.8 Å². The van der Waals surface area contributed by atoms with E-state index in [9.17, 15) is 9.90 Å². The standard InChI is InChI=1S/C18H25N3O2S/c1-12(2)9-13-11-21(7-6-18(13,3)23)17(22)14-10-19-20-16(14)15-5-4-8-24-15/h4-5,8,10,12-13,23H,6-7,9,11H2,1-3H3,(H,19,20)/t13-,18+/m0/s1. The number of nitrogens with one attached hydrogen (secondary N) is 1.